The van der Waals surface area contributed by atoms with Gasteiger partial charge < -0.3 is 9.64 Å². The lowest BCUT2D eigenvalue weighted by Crippen LogP contribution is -2.21. The zero-order valence-corrected chi connectivity index (χ0v) is 16.4. The molecule has 0 aromatic heterocycles. The van der Waals surface area contributed by atoms with Gasteiger partial charge in [0, 0.05) is 11.1 Å². The second-order valence-corrected chi connectivity index (χ2v) is 8.52. The van der Waals surface area contributed by atoms with Gasteiger partial charge in [-0.05, 0) is 62.8 Å². The van der Waals surface area contributed by atoms with Crippen LogP contribution in [0.15, 0.2) is 66.7 Å². The molecule has 27 heavy (non-hydrogen) atoms. The minimum atomic E-state index is -3.35. The number of fused-ring (bicyclic) bond motifs is 1. The summed E-state index contributed by atoms with van der Waals surface area (Å²) in [6.45, 7) is 0.735. The number of nitrogens with one attached hydrogen (secondary N) is 1. The summed E-state index contributed by atoms with van der Waals surface area (Å²) in [5, 5.41) is 2.14. The Bertz CT molecular complexity index is 994. The summed E-state index contributed by atoms with van der Waals surface area (Å²) in [7, 11) is 0.502. The predicted molar refractivity (Wildman–Crippen MR) is 111 cm³/mol. The van der Waals surface area contributed by atoms with E-state index in [1.165, 1.54) is 0 Å². The quantitative estimate of drug-likeness (QED) is 0.628. The van der Waals surface area contributed by atoms with Crippen LogP contribution in [0.25, 0.3) is 10.8 Å². The molecule has 3 aromatic carbocycles. The van der Waals surface area contributed by atoms with Crippen LogP contribution in [-0.2, 0) is 10.0 Å². The Hall–Kier alpha value is -2.57. The molecule has 5 nitrogen and oxygen atoms in total. The molecule has 3 aromatic rings. The van der Waals surface area contributed by atoms with Gasteiger partial charge in [-0.1, -0.05) is 36.4 Å². The van der Waals surface area contributed by atoms with Crippen molar-refractivity contribution in [2.24, 2.45) is 0 Å². The molecule has 6 heteroatoms. The third kappa shape index (κ3) is 5.45. The van der Waals surface area contributed by atoms with E-state index in [4.69, 9.17) is 4.74 Å². The third-order valence-corrected chi connectivity index (χ3v) is 5.50. The Labute approximate surface area is 160 Å². The molecule has 0 aliphatic heterocycles. The lowest BCUT2D eigenvalue weighted by atomic mass is 10.1. The van der Waals surface area contributed by atoms with E-state index in [-0.39, 0.29) is 5.75 Å². The van der Waals surface area contributed by atoms with Crippen molar-refractivity contribution < 1.29 is 13.2 Å². The van der Waals surface area contributed by atoms with Gasteiger partial charge in [0.05, 0.1) is 5.75 Å². The first-order valence-corrected chi connectivity index (χ1v) is 10.5. The second-order valence-electron chi connectivity index (χ2n) is 6.68. The number of anilines is 1. The molecular weight excluding hydrogens is 360 g/mol. The Morgan fingerprint density at radius 1 is 0.926 bits per heavy atom. The summed E-state index contributed by atoms with van der Waals surface area (Å²) in [6.07, 6.45) is 0.588. The van der Waals surface area contributed by atoms with E-state index >= 15 is 0 Å². The van der Waals surface area contributed by atoms with Gasteiger partial charge in [-0.25, -0.2) is 8.42 Å². The summed E-state index contributed by atoms with van der Waals surface area (Å²) >= 11 is 0. The number of hydrogen-bond donors (Lipinski definition) is 1. The summed E-state index contributed by atoms with van der Waals surface area (Å²) < 4.78 is 32.9. The van der Waals surface area contributed by atoms with Crippen LogP contribution < -0.4 is 9.46 Å². The van der Waals surface area contributed by atoms with Gasteiger partial charge >= 0.3 is 0 Å². The van der Waals surface area contributed by atoms with Gasteiger partial charge in [0.25, 0.3) is 0 Å². The van der Waals surface area contributed by atoms with E-state index in [1.807, 2.05) is 61.5 Å². The van der Waals surface area contributed by atoms with Gasteiger partial charge in [0.15, 0.2) is 0 Å². The molecule has 0 fully saturated rings. The Balaban J connectivity index is 1.67. The first kappa shape index (κ1) is 19.2. The number of ether oxygens (including phenoxy) is 1. The van der Waals surface area contributed by atoms with Gasteiger partial charge in [0.1, 0.15) is 11.5 Å². The molecule has 0 radical (unpaired) electrons. The zero-order chi connectivity index (χ0) is 19.3. The van der Waals surface area contributed by atoms with E-state index in [0.717, 1.165) is 23.1 Å². The minimum absolute atomic E-state index is 0.0967. The highest BCUT2D eigenvalue weighted by Gasteiger charge is 2.11. The van der Waals surface area contributed by atoms with Gasteiger partial charge in [0.2, 0.25) is 10.0 Å². The largest absolute Gasteiger partial charge is 0.457 e. The number of benzene rings is 3. The SMILES string of the molecule is CN(C)CCCS(=O)(=O)Nc1ccc(Oc2cccc3ccccc23)cc1. The van der Waals surface area contributed by atoms with Crippen LogP contribution in [0.3, 0.4) is 0 Å². The molecule has 0 atom stereocenters. The summed E-state index contributed by atoms with van der Waals surface area (Å²) in [6, 6.07) is 20.9. The van der Waals surface area contributed by atoms with Gasteiger partial charge in [-0.2, -0.15) is 0 Å². The normalized spacial score (nSPS) is 11.7. The molecule has 3 rings (SSSR count). The molecule has 0 aliphatic rings. The fourth-order valence-electron chi connectivity index (χ4n) is 2.80. The van der Waals surface area contributed by atoms with Crippen LogP contribution in [0.1, 0.15) is 6.42 Å². The van der Waals surface area contributed by atoms with Gasteiger partial charge in [-0.3, -0.25) is 4.72 Å². The van der Waals surface area contributed by atoms with Crippen molar-refractivity contribution in [2.75, 3.05) is 31.1 Å². The van der Waals surface area contributed by atoms with E-state index in [2.05, 4.69) is 4.72 Å². The predicted octanol–water partition coefficient (Wildman–Crippen LogP) is 4.33. The number of rotatable bonds is 8. The molecule has 0 saturated carbocycles. The molecule has 0 saturated heterocycles. The molecule has 0 unspecified atom stereocenters. The van der Waals surface area contributed by atoms with Crippen molar-refractivity contribution in [2.45, 2.75) is 6.42 Å². The highest BCUT2D eigenvalue weighted by molar-refractivity contribution is 7.92. The fourth-order valence-corrected chi connectivity index (χ4v) is 3.91. The Morgan fingerprint density at radius 3 is 2.37 bits per heavy atom. The van der Waals surface area contributed by atoms with Crippen LogP contribution in [0, 0.1) is 0 Å². The molecule has 1 N–H and O–H groups in total. The monoisotopic (exact) mass is 384 g/mol. The molecular formula is C21H24N2O3S. The van der Waals surface area contributed by atoms with E-state index in [9.17, 15) is 8.42 Å². The standard InChI is InChI=1S/C21H24N2O3S/c1-23(2)15-6-16-27(24,25)22-18-11-13-19(14-12-18)26-21-10-5-8-17-7-3-4-9-20(17)21/h3-5,7-14,22H,6,15-16H2,1-2H3. The summed E-state index contributed by atoms with van der Waals surface area (Å²) in [5.41, 5.74) is 0.533. The first-order chi connectivity index (χ1) is 12.9. The van der Waals surface area contributed by atoms with Crippen molar-refractivity contribution in [3.63, 3.8) is 0 Å². The number of nitrogens with zero attached hydrogens (tertiary/aromatic N) is 1. The molecule has 0 spiro atoms. The highest BCUT2D eigenvalue weighted by atomic mass is 32.2. The summed E-state index contributed by atoms with van der Waals surface area (Å²) in [4.78, 5) is 1.97. The number of sulfonamides is 1. The third-order valence-electron chi connectivity index (χ3n) is 4.12. The van der Waals surface area contributed by atoms with Crippen molar-refractivity contribution in [1.29, 1.82) is 0 Å². The van der Waals surface area contributed by atoms with Crippen LogP contribution in [-0.4, -0.2) is 39.7 Å². The summed E-state index contributed by atoms with van der Waals surface area (Å²) in [5.74, 6) is 1.52. The maximum Gasteiger partial charge on any atom is 0.232 e. The molecule has 0 bridgehead atoms. The average Bonchev–Trinajstić information content (AvgIpc) is 2.63. The Kier molecular flexibility index (Phi) is 5.98. The lowest BCUT2D eigenvalue weighted by Gasteiger charge is -2.12. The zero-order valence-electron chi connectivity index (χ0n) is 15.6. The first-order valence-electron chi connectivity index (χ1n) is 8.84. The maximum atomic E-state index is 12.1. The molecule has 142 valence electrons. The van der Waals surface area contributed by atoms with E-state index < -0.39 is 10.0 Å². The average molecular weight is 385 g/mol. The maximum absolute atomic E-state index is 12.1. The number of hydrogen-bond acceptors (Lipinski definition) is 4. The van der Waals surface area contributed by atoms with Gasteiger partial charge in [-0.15, -0.1) is 0 Å². The van der Waals surface area contributed by atoms with Crippen LogP contribution in [0.5, 0.6) is 11.5 Å². The van der Waals surface area contributed by atoms with E-state index in [0.29, 0.717) is 17.9 Å². The second kappa shape index (κ2) is 8.41. The lowest BCUT2D eigenvalue weighted by molar-refractivity contribution is 0.408. The van der Waals surface area contributed by atoms with Crippen LogP contribution >= 0.6 is 0 Å². The Morgan fingerprint density at radius 2 is 1.63 bits per heavy atom. The molecule has 0 heterocycles. The fraction of sp³-hybridized carbons (Fsp3) is 0.238. The van der Waals surface area contributed by atoms with Crippen molar-refractivity contribution >= 4 is 26.5 Å². The van der Waals surface area contributed by atoms with E-state index in [1.54, 1.807) is 24.3 Å². The topological polar surface area (TPSA) is 58.6 Å². The molecule has 0 aliphatic carbocycles. The van der Waals surface area contributed by atoms with Crippen molar-refractivity contribution in [3.8, 4) is 11.5 Å². The molecule has 0 amide bonds. The highest BCUT2D eigenvalue weighted by Crippen LogP contribution is 2.30. The van der Waals surface area contributed by atoms with Crippen LogP contribution in [0.4, 0.5) is 5.69 Å². The van der Waals surface area contributed by atoms with Crippen LogP contribution in [0.2, 0.25) is 0 Å². The smallest absolute Gasteiger partial charge is 0.232 e. The van der Waals surface area contributed by atoms with Crippen molar-refractivity contribution in [3.05, 3.63) is 66.7 Å². The minimum Gasteiger partial charge on any atom is -0.457 e. The van der Waals surface area contributed by atoms with Crippen molar-refractivity contribution in [1.82, 2.24) is 4.90 Å².